The fourth-order valence-electron chi connectivity index (χ4n) is 2.87. The highest BCUT2D eigenvalue weighted by Crippen LogP contribution is 2.29. The van der Waals surface area contributed by atoms with Crippen molar-refractivity contribution in [3.05, 3.63) is 30.3 Å². The Hall–Kier alpha value is -1.54. The van der Waals surface area contributed by atoms with E-state index in [1.807, 2.05) is 30.3 Å². The number of carbonyl (C=O) groups is 1. The van der Waals surface area contributed by atoms with Crippen LogP contribution in [0.2, 0.25) is 16.6 Å². The smallest absolute Gasteiger partial charge is 0.490 e. The molecule has 0 aliphatic rings. The molecule has 0 aromatic heterocycles. The molecule has 0 aliphatic carbocycles. The van der Waals surface area contributed by atoms with Crippen LogP contribution < -0.4 is 4.74 Å². The standard InChI is InChI=1S/C9H22Si.C7H8O.C2HF3O2.CH4O/c1-7(2)10(8(3)4)9(5)6;1-8-7-5-3-2-4-6-7;3-2(4,5)1(6)7;1-2/h7-10H,1-6H3;2-6H,1H3;(H,6,7);2H,1H3. The molecule has 0 fully saturated rings. The summed E-state index contributed by atoms with van der Waals surface area (Å²) in [6.07, 6.45) is -5.08. The van der Waals surface area contributed by atoms with Crippen LogP contribution in [0.4, 0.5) is 13.2 Å². The summed E-state index contributed by atoms with van der Waals surface area (Å²) in [4.78, 5) is 8.90. The maximum absolute atomic E-state index is 10.6. The van der Waals surface area contributed by atoms with E-state index < -0.39 is 20.9 Å². The maximum atomic E-state index is 10.6. The highest BCUT2D eigenvalue weighted by Gasteiger charge is 2.38. The van der Waals surface area contributed by atoms with Crippen LogP contribution in [-0.2, 0) is 4.79 Å². The Kier molecular flexibility index (Phi) is 18.6. The lowest BCUT2D eigenvalue weighted by Gasteiger charge is -2.26. The average Bonchev–Trinajstić information content (AvgIpc) is 2.56. The first-order chi connectivity index (χ1) is 12.3. The summed E-state index contributed by atoms with van der Waals surface area (Å²) in [6.45, 7) is 14.3. The molecule has 27 heavy (non-hydrogen) atoms. The van der Waals surface area contributed by atoms with Crippen LogP contribution >= 0.6 is 0 Å². The Morgan fingerprint density at radius 3 is 1.33 bits per heavy atom. The summed E-state index contributed by atoms with van der Waals surface area (Å²) in [6, 6.07) is 9.68. The Balaban J connectivity index is -0.000000310. The molecule has 0 bridgehead atoms. The number of methoxy groups -OCH3 is 1. The zero-order valence-electron chi connectivity index (χ0n) is 17.5. The number of aliphatic hydroxyl groups excluding tert-OH is 1. The molecule has 1 aromatic carbocycles. The summed E-state index contributed by atoms with van der Waals surface area (Å²) in [7, 11) is 2.21. The molecule has 0 radical (unpaired) electrons. The molecule has 0 amide bonds. The number of carboxylic acid groups (broad SMARTS) is 1. The van der Waals surface area contributed by atoms with Gasteiger partial charge in [-0.05, 0) is 12.1 Å². The third-order valence-electron chi connectivity index (χ3n) is 3.53. The lowest BCUT2D eigenvalue weighted by molar-refractivity contribution is -0.192. The first-order valence-corrected chi connectivity index (χ1v) is 10.7. The van der Waals surface area contributed by atoms with E-state index in [-0.39, 0.29) is 0 Å². The topological polar surface area (TPSA) is 66.8 Å². The minimum Gasteiger partial charge on any atom is -0.497 e. The number of benzene rings is 1. The number of hydrogen-bond acceptors (Lipinski definition) is 3. The number of aliphatic carboxylic acids is 1. The van der Waals surface area contributed by atoms with Gasteiger partial charge in [-0.1, -0.05) is 76.4 Å². The minimum absolute atomic E-state index is 0.454. The number of aliphatic hydroxyl groups is 1. The monoisotopic (exact) mass is 412 g/mol. The molecule has 0 unspecified atom stereocenters. The van der Waals surface area contributed by atoms with Crippen molar-refractivity contribution in [1.29, 1.82) is 0 Å². The van der Waals surface area contributed by atoms with Crippen LogP contribution in [0.1, 0.15) is 41.5 Å². The second kappa shape index (κ2) is 16.6. The molecule has 0 spiro atoms. The zero-order valence-corrected chi connectivity index (χ0v) is 18.7. The number of ether oxygens (including phenoxy) is 1. The van der Waals surface area contributed by atoms with Crippen LogP contribution in [0.15, 0.2) is 30.3 Å². The van der Waals surface area contributed by atoms with Crippen molar-refractivity contribution in [2.24, 2.45) is 0 Å². The summed E-state index contributed by atoms with van der Waals surface area (Å²) in [5.41, 5.74) is 2.92. The van der Waals surface area contributed by atoms with Crippen LogP contribution in [0, 0.1) is 0 Å². The molecule has 8 heteroatoms. The highest BCUT2D eigenvalue weighted by atomic mass is 28.3. The van der Waals surface area contributed by atoms with Gasteiger partial charge in [-0.15, -0.1) is 0 Å². The highest BCUT2D eigenvalue weighted by molar-refractivity contribution is 6.63. The van der Waals surface area contributed by atoms with Gasteiger partial charge in [0.2, 0.25) is 0 Å². The van der Waals surface area contributed by atoms with Crippen LogP contribution in [0.25, 0.3) is 0 Å². The maximum Gasteiger partial charge on any atom is 0.490 e. The third kappa shape index (κ3) is 17.6. The number of rotatable bonds is 4. The number of alkyl halides is 3. The van der Waals surface area contributed by atoms with Crippen molar-refractivity contribution in [2.45, 2.75) is 64.3 Å². The molecule has 1 rings (SSSR count). The minimum atomic E-state index is -5.08. The van der Waals surface area contributed by atoms with E-state index in [0.29, 0.717) is 0 Å². The molecule has 0 saturated heterocycles. The van der Waals surface area contributed by atoms with Gasteiger partial charge in [-0.3, -0.25) is 0 Å². The lowest BCUT2D eigenvalue weighted by Crippen LogP contribution is -2.24. The molecular formula is C19H35F3O4Si. The fourth-order valence-corrected chi connectivity index (χ4v) is 7.48. The van der Waals surface area contributed by atoms with Crippen molar-refractivity contribution >= 4 is 14.8 Å². The molecule has 0 atom stereocenters. The summed E-state index contributed by atoms with van der Waals surface area (Å²) in [5.74, 6) is -1.85. The van der Waals surface area contributed by atoms with Gasteiger partial charge in [-0.2, -0.15) is 13.2 Å². The molecule has 0 heterocycles. The number of hydrogen-bond donors (Lipinski definition) is 2. The zero-order chi connectivity index (χ0) is 22.2. The second-order valence-corrected chi connectivity index (χ2v) is 11.8. The van der Waals surface area contributed by atoms with E-state index in [4.69, 9.17) is 19.7 Å². The summed E-state index contributed by atoms with van der Waals surface area (Å²) < 4.78 is 36.7. The van der Waals surface area contributed by atoms with Gasteiger partial charge >= 0.3 is 12.1 Å². The lowest BCUT2D eigenvalue weighted by atomic mass is 10.3. The molecule has 1 aromatic rings. The van der Waals surface area contributed by atoms with E-state index in [1.54, 1.807) is 7.11 Å². The quantitative estimate of drug-likeness (QED) is 0.652. The average molecular weight is 413 g/mol. The van der Waals surface area contributed by atoms with Crippen LogP contribution in [-0.4, -0.2) is 45.4 Å². The largest absolute Gasteiger partial charge is 0.497 e. The van der Waals surface area contributed by atoms with E-state index in [9.17, 15) is 13.2 Å². The normalized spacial score (nSPS) is 10.4. The van der Waals surface area contributed by atoms with Gasteiger partial charge in [0.25, 0.3) is 0 Å². The van der Waals surface area contributed by atoms with Gasteiger partial charge in [-0.25, -0.2) is 4.79 Å². The first-order valence-electron chi connectivity index (χ1n) is 8.68. The first kappa shape index (κ1) is 30.2. The molecule has 2 N–H and O–H groups in total. The van der Waals surface area contributed by atoms with Crippen molar-refractivity contribution in [3.63, 3.8) is 0 Å². The van der Waals surface area contributed by atoms with Crippen molar-refractivity contribution < 1.29 is 32.9 Å². The predicted octanol–water partition coefficient (Wildman–Crippen LogP) is 5.38. The second-order valence-electron chi connectivity index (χ2n) is 6.63. The Bertz CT molecular complexity index is 445. The number of para-hydroxylation sites is 1. The molecule has 0 aliphatic heterocycles. The third-order valence-corrected chi connectivity index (χ3v) is 8.15. The van der Waals surface area contributed by atoms with E-state index in [2.05, 4.69) is 41.5 Å². The SMILES string of the molecule is CC(C)[SiH](C(C)C)C(C)C.CO.COc1ccccc1.O=C(O)C(F)(F)F. The van der Waals surface area contributed by atoms with Crippen LogP contribution in [0.5, 0.6) is 5.75 Å². The Labute approximate surface area is 163 Å². The summed E-state index contributed by atoms with van der Waals surface area (Å²) in [5, 5.41) is 14.1. The van der Waals surface area contributed by atoms with E-state index in [0.717, 1.165) is 29.5 Å². The van der Waals surface area contributed by atoms with Gasteiger partial charge < -0.3 is 14.9 Å². The Morgan fingerprint density at radius 1 is 0.926 bits per heavy atom. The molecule has 0 saturated carbocycles. The van der Waals surface area contributed by atoms with Crippen molar-refractivity contribution in [3.8, 4) is 5.75 Å². The Morgan fingerprint density at radius 2 is 1.22 bits per heavy atom. The van der Waals surface area contributed by atoms with Gasteiger partial charge in [0, 0.05) is 15.9 Å². The van der Waals surface area contributed by atoms with Crippen molar-refractivity contribution in [1.82, 2.24) is 0 Å². The molecular weight excluding hydrogens is 377 g/mol. The predicted molar refractivity (Wildman–Crippen MR) is 107 cm³/mol. The van der Waals surface area contributed by atoms with E-state index >= 15 is 0 Å². The summed E-state index contributed by atoms with van der Waals surface area (Å²) >= 11 is 0. The molecule has 4 nitrogen and oxygen atoms in total. The van der Waals surface area contributed by atoms with Gasteiger partial charge in [0.05, 0.1) is 7.11 Å². The van der Waals surface area contributed by atoms with E-state index in [1.165, 1.54) is 0 Å². The number of halogens is 3. The van der Waals surface area contributed by atoms with Gasteiger partial charge in [0.15, 0.2) is 0 Å². The van der Waals surface area contributed by atoms with Gasteiger partial charge in [0.1, 0.15) is 5.75 Å². The van der Waals surface area contributed by atoms with Crippen molar-refractivity contribution in [2.75, 3.05) is 14.2 Å². The molecule has 160 valence electrons. The fraction of sp³-hybridized carbons (Fsp3) is 0.632. The van der Waals surface area contributed by atoms with Crippen LogP contribution in [0.3, 0.4) is 0 Å². The number of carboxylic acids is 1.